The van der Waals surface area contributed by atoms with Crippen molar-refractivity contribution in [1.29, 1.82) is 0 Å². The topological polar surface area (TPSA) is 95.3 Å². The standard InChI is InChI=1S/C24H26N8O/c1-15-6-5-10-32-20(15)12-19(29-32)22-21-18(26-14-27-21)7-11-31(22)24-25-13-17(16(2)28-24)23(33)30-8-3-4-9-30/h5-6,10,12-14,22H,3-4,7-9,11H2,1-2H3,(H,26,27)/t22-/m1/s1. The molecule has 4 aromatic heterocycles. The molecule has 0 spiro atoms. The van der Waals surface area contributed by atoms with Crippen LogP contribution in [0, 0.1) is 13.8 Å². The number of H-pyrrole nitrogens is 1. The Kier molecular flexibility index (Phi) is 4.63. The minimum Gasteiger partial charge on any atom is -0.348 e. The summed E-state index contributed by atoms with van der Waals surface area (Å²) < 4.78 is 1.91. The minimum absolute atomic E-state index is 0.0251. The zero-order chi connectivity index (χ0) is 22.5. The van der Waals surface area contributed by atoms with Gasteiger partial charge < -0.3 is 14.8 Å². The number of fused-ring (bicyclic) bond motifs is 2. The summed E-state index contributed by atoms with van der Waals surface area (Å²) in [6, 6.07) is 6.00. The largest absolute Gasteiger partial charge is 0.348 e. The lowest BCUT2D eigenvalue weighted by atomic mass is 10.00. The lowest BCUT2D eigenvalue weighted by Crippen LogP contribution is -2.38. The van der Waals surface area contributed by atoms with Gasteiger partial charge in [0.05, 0.1) is 34.5 Å². The number of hydrogen-bond acceptors (Lipinski definition) is 6. The van der Waals surface area contributed by atoms with Gasteiger partial charge in [-0.15, -0.1) is 0 Å². The van der Waals surface area contributed by atoms with E-state index in [0.29, 0.717) is 17.2 Å². The molecule has 9 nitrogen and oxygen atoms in total. The van der Waals surface area contributed by atoms with Crippen LogP contribution in [0.15, 0.2) is 36.9 Å². The summed E-state index contributed by atoms with van der Waals surface area (Å²) >= 11 is 0. The Morgan fingerprint density at radius 2 is 2.00 bits per heavy atom. The van der Waals surface area contributed by atoms with Crippen molar-refractivity contribution in [3.05, 3.63) is 70.8 Å². The van der Waals surface area contributed by atoms with Crippen LogP contribution in [0.4, 0.5) is 5.95 Å². The summed E-state index contributed by atoms with van der Waals surface area (Å²) in [5, 5.41) is 4.88. The van der Waals surface area contributed by atoms with Crippen LogP contribution in [-0.2, 0) is 6.42 Å². The van der Waals surface area contributed by atoms with Crippen molar-refractivity contribution in [1.82, 2.24) is 34.4 Å². The van der Waals surface area contributed by atoms with Crippen LogP contribution in [0.5, 0.6) is 0 Å². The third-order valence-electron chi connectivity index (χ3n) is 6.78. The van der Waals surface area contributed by atoms with Gasteiger partial charge in [-0.05, 0) is 44.4 Å². The van der Waals surface area contributed by atoms with E-state index in [0.717, 1.165) is 67.1 Å². The highest BCUT2D eigenvalue weighted by atomic mass is 16.2. The van der Waals surface area contributed by atoms with Crippen molar-refractivity contribution >= 4 is 17.4 Å². The number of pyridine rings is 1. The number of imidazole rings is 1. The summed E-state index contributed by atoms with van der Waals surface area (Å²) in [4.78, 5) is 34.3. The van der Waals surface area contributed by atoms with Crippen LogP contribution in [0.1, 0.15) is 57.6 Å². The number of carbonyl (C=O) groups excluding carboxylic acids is 1. The number of carbonyl (C=O) groups is 1. The van der Waals surface area contributed by atoms with E-state index >= 15 is 0 Å². The Hall–Kier alpha value is -3.75. The fraction of sp³-hybridized carbons (Fsp3) is 0.375. The first-order valence-electron chi connectivity index (χ1n) is 11.5. The third kappa shape index (κ3) is 3.26. The Bertz CT molecular complexity index is 1350. The Morgan fingerprint density at radius 1 is 1.15 bits per heavy atom. The number of amides is 1. The van der Waals surface area contributed by atoms with Crippen LogP contribution >= 0.6 is 0 Å². The summed E-state index contributed by atoms with van der Waals surface area (Å²) in [5.74, 6) is 0.620. The lowest BCUT2D eigenvalue weighted by Gasteiger charge is -2.34. The van der Waals surface area contributed by atoms with E-state index in [1.807, 2.05) is 28.6 Å². The molecule has 1 N–H and O–H groups in total. The lowest BCUT2D eigenvalue weighted by molar-refractivity contribution is 0.0791. The fourth-order valence-electron chi connectivity index (χ4n) is 4.99. The van der Waals surface area contributed by atoms with E-state index in [4.69, 9.17) is 10.1 Å². The Morgan fingerprint density at radius 3 is 2.79 bits per heavy atom. The van der Waals surface area contributed by atoms with Crippen molar-refractivity contribution in [3.8, 4) is 0 Å². The van der Waals surface area contributed by atoms with E-state index < -0.39 is 0 Å². The van der Waals surface area contributed by atoms with E-state index in [9.17, 15) is 4.79 Å². The van der Waals surface area contributed by atoms with Crippen LogP contribution in [0.25, 0.3) is 5.52 Å². The molecular formula is C24H26N8O. The molecule has 2 aliphatic heterocycles. The minimum atomic E-state index is -0.209. The van der Waals surface area contributed by atoms with Crippen LogP contribution in [-0.4, -0.2) is 60.0 Å². The number of likely N-dealkylation sites (tertiary alicyclic amines) is 1. The summed E-state index contributed by atoms with van der Waals surface area (Å²) in [6.45, 7) is 6.32. The van der Waals surface area contributed by atoms with E-state index in [1.165, 1.54) is 0 Å². The molecule has 1 amide bonds. The average Bonchev–Trinajstić information content (AvgIpc) is 3.58. The van der Waals surface area contributed by atoms with Gasteiger partial charge in [-0.1, -0.05) is 6.07 Å². The first-order valence-corrected chi connectivity index (χ1v) is 11.5. The first-order chi connectivity index (χ1) is 16.1. The molecule has 6 rings (SSSR count). The van der Waals surface area contributed by atoms with Crippen molar-refractivity contribution in [3.63, 3.8) is 0 Å². The van der Waals surface area contributed by atoms with E-state index in [-0.39, 0.29) is 11.9 Å². The maximum absolute atomic E-state index is 12.9. The normalized spacial score (nSPS) is 18.2. The maximum Gasteiger partial charge on any atom is 0.257 e. The van der Waals surface area contributed by atoms with Crippen molar-refractivity contribution in [2.45, 2.75) is 39.2 Å². The maximum atomic E-state index is 12.9. The second kappa shape index (κ2) is 7.68. The molecule has 168 valence electrons. The Labute approximate surface area is 191 Å². The summed E-state index contributed by atoms with van der Waals surface area (Å²) in [7, 11) is 0. The molecule has 2 aliphatic rings. The van der Waals surface area contributed by atoms with Crippen molar-refractivity contribution in [2.24, 2.45) is 0 Å². The number of nitrogens with zero attached hydrogens (tertiary/aromatic N) is 7. The second-order valence-corrected chi connectivity index (χ2v) is 8.87. The molecule has 0 aliphatic carbocycles. The number of aryl methyl sites for hydroxylation is 2. The van der Waals surface area contributed by atoms with E-state index in [2.05, 4.69) is 38.9 Å². The quantitative estimate of drug-likeness (QED) is 0.524. The number of nitrogens with one attached hydrogen (secondary N) is 1. The van der Waals surface area contributed by atoms with Gasteiger partial charge in [0, 0.05) is 44.1 Å². The van der Waals surface area contributed by atoms with Gasteiger partial charge >= 0.3 is 0 Å². The van der Waals surface area contributed by atoms with Gasteiger partial charge in [0.15, 0.2) is 0 Å². The fourth-order valence-corrected chi connectivity index (χ4v) is 4.99. The zero-order valence-corrected chi connectivity index (χ0v) is 18.8. The van der Waals surface area contributed by atoms with Gasteiger partial charge in [-0.25, -0.2) is 19.5 Å². The molecule has 0 saturated carbocycles. The molecule has 0 aromatic carbocycles. The summed E-state index contributed by atoms with van der Waals surface area (Å²) in [5.41, 5.74) is 6.48. The van der Waals surface area contributed by atoms with Gasteiger partial charge in [-0.3, -0.25) is 4.79 Å². The number of aromatic nitrogens is 6. The molecule has 6 heterocycles. The average molecular weight is 443 g/mol. The Balaban J connectivity index is 1.41. The van der Waals surface area contributed by atoms with Crippen molar-refractivity contribution in [2.75, 3.05) is 24.5 Å². The highest BCUT2D eigenvalue weighted by molar-refractivity contribution is 5.95. The zero-order valence-electron chi connectivity index (χ0n) is 18.8. The third-order valence-corrected chi connectivity index (χ3v) is 6.78. The molecule has 1 atom stereocenters. The van der Waals surface area contributed by atoms with Gasteiger partial charge in [0.1, 0.15) is 6.04 Å². The molecule has 0 bridgehead atoms. The molecule has 33 heavy (non-hydrogen) atoms. The summed E-state index contributed by atoms with van der Waals surface area (Å²) in [6.07, 6.45) is 8.32. The predicted octanol–water partition coefficient (Wildman–Crippen LogP) is 2.85. The molecule has 0 radical (unpaired) electrons. The smallest absolute Gasteiger partial charge is 0.257 e. The number of hydrogen-bond donors (Lipinski definition) is 1. The molecule has 4 aromatic rings. The van der Waals surface area contributed by atoms with Crippen molar-refractivity contribution < 1.29 is 4.79 Å². The first kappa shape index (κ1) is 19.9. The SMILES string of the molecule is Cc1nc(N2CCc3[nH]cnc3[C@H]2c2cc3c(C)cccn3n2)ncc1C(=O)N1CCCC1. The molecule has 1 saturated heterocycles. The van der Waals surface area contributed by atoms with Gasteiger partial charge in [0.2, 0.25) is 5.95 Å². The van der Waals surface area contributed by atoms with Crippen LogP contribution < -0.4 is 4.90 Å². The number of rotatable bonds is 3. The number of anilines is 1. The predicted molar refractivity (Wildman–Crippen MR) is 123 cm³/mol. The van der Waals surface area contributed by atoms with E-state index in [1.54, 1.807) is 12.5 Å². The molecule has 0 unspecified atom stereocenters. The molecule has 1 fully saturated rings. The monoisotopic (exact) mass is 442 g/mol. The highest BCUT2D eigenvalue weighted by Crippen LogP contribution is 2.35. The second-order valence-electron chi connectivity index (χ2n) is 8.87. The van der Waals surface area contributed by atoms with Gasteiger partial charge in [-0.2, -0.15) is 5.10 Å². The van der Waals surface area contributed by atoms with Gasteiger partial charge in [0.25, 0.3) is 5.91 Å². The van der Waals surface area contributed by atoms with Crippen LogP contribution in [0.3, 0.4) is 0 Å². The highest BCUT2D eigenvalue weighted by Gasteiger charge is 2.35. The molecule has 9 heteroatoms. The van der Waals surface area contributed by atoms with Crippen LogP contribution in [0.2, 0.25) is 0 Å². The number of aromatic amines is 1. The molecular weight excluding hydrogens is 416 g/mol.